The fourth-order valence-electron chi connectivity index (χ4n) is 4.79. The average molecular weight is 417 g/mol. The smallest absolute Gasteiger partial charge is 0.220 e. The molecule has 2 fully saturated rings. The van der Waals surface area contributed by atoms with Crippen molar-refractivity contribution in [3.8, 4) is 11.5 Å². The summed E-state index contributed by atoms with van der Waals surface area (Å²) in [6.45, 7) is 6.11. The maximum Gasteiger partial charge on any atom is 0.220 e. The van der Waals surface area contributed by atoms with Crippen molar-refractivity contribution in [2.24, 2.45) is 11.8 Å². The van der Waals surface area contributed by atoms with Gasteiger partial charge in [0.05, 0.1) is 6.04 Å². The quantitative estimate of drug-likeness (QED) is 0.542. The van der Waals surface area contributed by atoms with Gasteiger partial charge in [-0.15, -0.1) is 0 Å². The Morgan fingerprint density at radius 2 is 1.87 bits per heavy atom. The van der Waals surface area contributed by atoms with E-state index in [1.165, 1.54) is 25.7 Å². The summed E-state index contributed by atoms with van der Waals surface area (Å²) in [6.07, 6.45) is 6.71. The van der Waals surface area contributed by atoms with Crippen LogP contribution in [0.5, 0.6) is 11.5 Å². The van der Waals surface area contributed by atoms with Crippen molar-refractivity contribution < 1.29 is 19.4 Å². The molecule has 4 atom stereocenters. The van der Waals surface area contributed by atoms with Crippen molar-refractivity contribution in [1.82, 2.24) is 10.2 Å². The highest BCUT2D eigenvalue weighted by Crippen LogP contribution is 2.45. The number of nitrogens with one attached hydrogen (secondary N) is 1. The summed E-state index contributed by atoms with van der Waals surface area (Å²) in [7, 11) is 0. The van der Waals surface area contributed by atoms with Crippen LogP contribution >= 0.6 is 0 Å². The van der Waals surface area contributed by atoms with Gasteiger partial charge in [-0.3, -0.25) is 4.79 Å². The zero-order valence-corrected chi connectivity index (χ0v) is 18.1. The summed E-state index contributed by atoms with van der Waals surface area (Å²) in [5.74, 6) is 3.07. The van der Waals surface area contributed by atoms with Gasteiger partial charge in [0.25, 0.3) is 0 Å². The molecule has 1 aromatic carbocycles. The number of carbonyl (C=O) groups excluding carboxylic acids is 1. The third-order valence-electron chi connectivity index (χ3n) is 6.65. The molecule has 1 amide bonds. The molecule has 0 aromatic heterocycles. The van der Waals surface area contributed by atoms with Crippen molar-refractivity contribution in [2.45, 2.75) is 64.0 Å². The van der Waals surface area contributed by atoms with E-state index in [0.29, 0.717) is 37.7 Å². The Kier molecular flexibility index (Phi) is 7.16. The summed E-state index contributed by atoms with van der Waals surface area (Å²) in [4.78, 5) is 15.0. The number of carbonyl (C=O) groups is 1. The number of ether oxygens (including phenoxy) is 2. The van der Waals surface area contributed by atoms with E-state index in [-0.39, 0.29) is 11.9 Å². The van der Waals surface area contributed by atoms with Gasteiger partial charge in [0.2, 0.25) is 5.91 Å². The summed E-state index contributed by atoms with van der Waals surface area (Å²) < 4.78 is 11.3. The lowest BCUT2D eigenvalue weighted by Gasteiger charge is -2.30. The van der Waals surface area contributed by atoms with Gasteiger partial charge in [0, 0.05) is 26.1 Å². The third kappa shape index (κ3) is 5.46. The number of unbranched alkanes of at least 4 members (excludes halogenated alkanes) is 4. The van der Waals surface area contributed by atoms with Crippen molar-refractivity contribution in [3.05, 3.63) is 23.8 Å². The molecular formula is C24H36N2O4. The summed E-state index contributed by atoms with van der Waals surface area (Å²) >= 11 is 0. The number of piperidine rings is 1. The second kappa shape index (κ2) is 10.0. The molecule has 2 heterocycles. The number of rotatable bonds is 11. The van der Waals surface area contributed by atoms with Crippen molar-refractivity contribution >= 4 is 5.91 Å². The van der Waals surface area contributed by atoms with Gasteiger partial charge in [-0.1, -0.05) is 38.7 Å². The van der Waals surface area contributed by atoms with E-state index in [4.69, 9.17) is 9.47 Å². The molecule has 1 aliphatic carbocycles. The fourth-order valence-corrected chi connectivity index (χ4v) is 4.79. The first-order chi connectivity index (χ1) is 14.6. The minimum atomic E-state index is -0.776. The van der Waals surface area contributed by atoms with Crippen molar-refractivity contribution in [3.63, 3.8) is 0 Å². The Balaban J connectivity index is 1.38. The van der Waals surface area contributed by atoms with Gasteiger partial charge in [-0.25, -0.2) is 0 Å². The average Bonchev–Trinajstić information content (AvgIpc) is 3.37. The number of aliphatic hydroxyl groups is 1. The van der Waals surface area contributed by atoms with Crippen LogP contribution in [-0.2, 0) is 4.79 Å². The lowest BCUT2D eigenvalue weighted by atomic mass is 10.00. The van der Waals surface area contributed by atoms with E-state index in [1.807, 2.05) is 18.2 Å². The number of fused-ring (bicyclic) bond motifs is 2. The minimum absolute atomic E-state index is 0.0393. The Labute approximate surface area is 179 Å². The minimum Gasteiger partial charge on any atom is -0.486 e. The molecule has 1 aromatic rings. The Morgan fingerprint density at radius 1 is 1.13 bits per heavy atom. The van der Waals surface area contributed by atoms with Crippen LogP contribution in [0.1, 0.15) is 63.5 Å². The van der Waals surface area contributed by atoms with Crippen LogP contribution in [0.25, 0.3) is 0 Å². The predicted octanol–water partition coefficient (Wildman–Crippen LogP) is 3.29. The second-order valence-electron chi connectivity index (χ2n) is 9.16. The van der Waals surface area contributed by atoms with Crippen molar-refractivity contribution in [1.29, 1.82) is 0 Å². The number of hydrogen-bond acceptors (Lipinski definition) is 5. The molecule has 0 spiro atoms. The van der Waals surface area contributed by atoms with Crippen LogP contribution in [0.3, 0.4) is 0 Å². The molecule has 0 bridgehead atoms. The maximum absolute atomic E-state index is 12.6. The fraction of sp³-hybridized carbons (Fsp3) is 0.708. The van der Waals surface area contributed by atoms with E-state index in [1.54, 1.807) is 0 Å². The summed E-state index contributed by atoms with van der Waals surface area (Å²) in [6, 6.07) is 5.26. The third-order valence-corrected chi connectivity index (χ3v) is 6.65. The first-order valence-corrected chi connectivity index (χ1v) is 11.7. The van der Waals surface area contributed by atoms with Crippen LogP contribution in [0.4, 0.5) is 0 Å². The number of nitrogens with zero attached hydrogens (tertiary/aromatic N) is 1. The number of hydrogen-bond donors (Lipinski definition) is 2. The summed E-state index contributed by atoms with van der Waals surface area (Å²) in [5.41, 5.74) is 0.761. The Hall–Kier alpha value is -1.79. The second-order valence-corrected chi connectivity index (χ2v) is 9.16. The molecule has 6 nitrogen and oxygen atoms in total. The lowest BCUT2D eigenvalue weighted by Crippen LogP contribution is -2.47. The molecule has 3 unspecified atom stereocenters. The van der Waals surface area contributed by atoms with Gasteiger partial charge in [-0.2, -0.15) is 0 Å². The molecule has 6 heteroatoms. The zero-order valence-electron chi connectivity index (χ0n) is 18.1. The molecule has 1 saturated carbocycles. The highest BCUT2D eigenvalue weighted by atomic mass is 16.6. The standard InChI is InChI=1S/C24H36N2O4/c1-2-3-4-5-6-7-23(27)25-20(16-26-14-18-12-19(18)15-26)24(28)17-8-9-21-22(13-17)30-11-10-29-21/h8-9,13,18-20,24,28H,2-7,10-12,14-16H2,1H3,(H,25,27)/t18?,19?,20-,24?/m1/s1. The van der Waals surface area contributed by atoms with Gasteiger partial charge in [-0.05, 0) is 42.4 Å². The zero-order chi connectivity index (χ0) is 20.9. The highest BCUT2D eigenvalue weighted by Gasteiger charge is 2.45. The van der Waals surface area contributed by atoms with E-state index in [2.05, 4.69) is 17.1 Å². The molecule has 30 heavy (non-hydrogen) atoms. The van der Waals surface area contributed by atoms with Crippen molar-refractivity contribution in [2.75, 3.05) is 32.8 Å². The van der Waals surface area contributed by atoms with Crippen LogP contribution in [-0.4, -0.2) is 54.8 Å². The van der Waals surface area contributed by atoms with E-state index < -0.39 is 6.10 Å². The van der Waals surface area contributed by atoms with Gasteiger partial charge in [0.15, 0.2) is 11.5 Å². The topological polar surface area (TPSA) is 71.0 Å². The molecular weight excluding hydrogens is 380 g/mol. The van der Waals surface area contributed by atoms with Crippen LogP contribution in [0.2, 0.25) is 0 Å². The number of likely N-dealkylation sites (tertiary alicyclic amines) is 1. The number of amides is 1. The van der Waals surface area contributed by atoms with Crippen LogP contribution < -0.4 is 14.8 Å². The first-order valence-electron chi connectivity index (χ1n) is 11.7. The van der Waals surface area contributed by atoms with E-state index in [0.717, 1.165) is 43.3 Å². The normalized spacial score (nSPS) is 24.2. The van der Waals surface area contributed by atoms with E-state index >= 15 is 0 Å². The maximum atomic E-state index is 12.6. The molecule has 3 aliphatic rings. The highest BCUT2D eigenvalue weighted by molar-refractivity contribution is 5.76. The van der Waals surface area contributed by atoms with Crippen LogP contribution in [0, 0.1) is 11.8 Å². The Morgan fingerprint density at radius 3 is 2.63 bits per heavy atom. The number of benzene rings is 1. The molecule has 2 aliphatic heterocycles. The monoisotopic (exact) mass is 416 g/mol. The molecule has 4 rings (SSSR count). The lowest BCUT2D eigenvalue weighted by molar-refractivity contribution is -0.123. The largest absolute Gasteiger partial charge is 0.486 e. The molecule has 0 radical (unpaired) electrons. The molecule has 1 saturated heterocycles. The Bertz CT molecular complexity index is 715. The first kappa shape index (κ1) is 21.4. The van der Waals surface area contributed by atoms with Gasteiger partial charge >= 0.3 is 0 Å². The summed E-state index contributed by atoms with van der Waals surface area (Å²) in [5, 5.41) is 14.3. The number of aliphatic hydroxyl groups excluding tert-OH is 1. The molecule has 2 N–H and O–H groups in total. The van der Waals surface area contributed by atoms with Gasteiger partial charge < -0.3 is 24.8 Å². The SMILES string of the molecule is CCCCCCCC(=O)N[C@H](CN1CC2CC2C1)C(O)c1ccc2c(c1)OCCO2. The molecule has 166 valence electrons. The van der Waals surface area contributed by atoms with Crippen LogP contribution in [0.15, 0.2) is 18.2 Å². The van der Waals surface area contributed by atoms with E-state index in [9.17, 15) is 9.90 Å². The predicted molar refractivity (Wildman–Crippen MR) is 116 cm³/mol. The van der Waals surface area contributed by atoms with Gasteiger partial charge in [0.1, 0.15) is 19.3 Å².